The molecule has 0 bridgehead atoms. The van der Waals surface area contributed by atoms with Gasteiger partial charge >= 0.3 is 5.97 Å². The van der Waals surface area contributed by atoms with Crippen molar-refractivity contribution in [3.63, 3.8) is 0 Å². The first-order chi connectivity index (χ1) is 16.1. The summed E-state index contributed by atoms with van der Waals surface area (Å²) in [5, 5.41) is 12.1. The lowest BCUT2D eigenvalue weighted by Gasteiger charge is -2.30. The number of carboxylic acid groups (broad SMARTS) is 1. The molecule has 7 heteroatoms. The van der Waals surface area contributed by atoms with E-state index in [0.717, 1.165) is 35.2 Å². The Morgan fingerprint density at radius 3 is 2.21 bits per heavy atom. The van der Waals surface area contributed by atoms with Crippen molar-refractivity contribution in [1.82, 2.24) is 0 Å². The predicted molar refractivity (Wildman–Crippen MR) is 131 cm³/mol. The van der Waals surface area contributed by atoms with Gasteiger partial charge in [0.2, 0.25) is 5.91 Å². The summed E-state index contributed by atoms with van der Waals surface area (Å²) < 4.78 is 6.21. The molecule has 7 nitrogen and oxygen atoms in total. The van der Waals surface area contributed by atoms with E-state index in [-0.39, 0.29) is 24.5 Å². The zero-order valence-corrected chi connectivity index (χ0v) is 20.1. The van der Waals surface area contributed by atoms with Crippen molar-refractivity contribution in [2.75, 3.05) is 5.32 Å². The lowest BCUT2D eigenvalue weighted by molar-refractivity contribution is -0.141. The van der Waals surface area contributed by atoms with Crippen LogP contribution in [-0.2, 0) is 20.8 Å². The van der Waals surface area contributed by atoms with Crippen LogP contribution in [0.2, 0.25) is 0 Å². The lowest BCUT2D eigenvalue weighted by atomic mass is 9.87. The van der Waals surface area contributed by atoms with Gasteiger partial charge < -0.3 is 20.9 Å². The fourth-order valence-corrected chi connectivity index (χ4v) is 4.57. The number of ketones is 1. The molecular formula is C27H34N2O5. The van der Waals surface area contributed by atoms with Crippen molar-refractivity contribution < 1.29 is 24.2 Å². The van der Waals surface area contributed by atoms with Gasteiger partial charge in [0.25, 0.3) is 0 Å². The zero-order valence-electron chi connectivity index (χ0n) is 20.1. The van der Waals surface area contributed by atoms with Gasteiger partial charge in [0, 0.05) is 12.1 Å². The number of nitrogens with two attached hydrogens (primary N) is 1. The van der Waals surface area contributed by atoms with Gasteiger partial charge in [-0.2, -0.15) is 0 Å². The molecule has 0 aromatic heterocycles. The van der Waals surface area contributed by atoms with Crippen LogP contribution in [0.15, 0.2) is 42.5 Å². The number of carbonyl (C=O) groups is 3. The normalized spacial score (nSPS) is 16.5. The molecule has 2 aromatic carbocycles. The minimum atomic E-state index is -1.11. The molecule has 1 saturated carbocycles. The van der Waals surface area contributed by atoms with Gasteiger partial charge in [0.15, 0.2) is 11.4 Å². The van der Waals surface area contributed by atoms with Crippen LogP contribution in [0.1, 0.15) is 55.7 Å². The van der Waals surface area contributed by atoms with Gasteiger partial charge in [-0.05, 0) is 86.4 Å². The monoisotopic (exact) mass is 466 g/mol. The van der Waals surface area contributed by atoms with E-state index in [1.807, 2.05) is 38.1 Å². The number of carboxylic acids is 1. The van der Waals surface area contributed by atoms with Crippen LogP contribution in [0.3, 0.4) is 0 Å². The van der Waals surface area contributed by atoms with Crippen molar-refractivity contribution in [3.05, 3.63) is 59.2 Å². The van der Waals surface area contributed by atoms with Crippen LogP contribution >= 0.6 is 0 Å². The molecule has 182 valence electrons. The molecule has 0 aliphatic heterocycles. The molecule has 0 radical (unpaired) electrons. The highest BCUT2D eigenvalue weighted by atomic mass is 16.5. The van der Waals surface area contributed by atoms with Crippen LogP contribution in [0.4, 0.5) is 5.69 Å². The maximum Gasteiger partial charge on any atom is 0.320 e. The summed E-state index contributed by atoms with van der Waals surface area (Å²) in [6.07, 6.45) is 3.23. The molecular weight excluding hydrogens is 432 g/mol. The number of rotatable bonds is 10. The molecule has 1 amide bonds. The number of aryl methyl sites for hydroxylation is 2. The molecule has 0 heterocycles. The zero-order chi connectivity index (χ0) is 24.9. The summed E-state index contributed by atoms with van der Waals surface area (Å²) >= 11 is 0. The van der Waals surface area contributed by atoms with E-state index >= 15 is 0 Å². The summed E-state index contributed by atoms with van der Waals surface area (Å²) in [4.78, 5) is 36.8. The Balaban J connectivity index is 1.63. The van der Waals surface area contributed by atoms with Crippen LogP contribution in [0, 0.1) is 19.8 Å². The number of aliphatic carboxylic acids is 1. The minimum Gasteiger partial charge on any atom is -0.480 e. The molecule has 1 aliphatic rings. The van der Waals surface area contributed by atoms with Crippen LogP contribution in [0.25, 0.3) is 0 Å². The van der Waals surface area contributed by atoms with E-state index in [1.165, 1.54) is 0 Å². The van der Waals surface area contributed by atoms with E-state index in [9.17, 15) is 14.4 Å². The molecule has 34 heavy (non-hydrogen) atoms. The van der Waals surface area contributed by atoms with Crippen LogP contribution in [-0.4, -0.2) is 34.4 Å². The molecule has 1 fully saturated rings. The average molecular weight is 467 g/mol. The van der Waals surface area contributed by atoms with Crippen molar-refractivity contribution in [2.45, 2.75) is 70.9 Å². The Labute approximate surface area is 200 Å². The third kappa shape index (κ3) is 6.44. The van der Waals surface area contributed by atoms with Crippen molar-refractivity contribution in [3.8, 4) is 5.75 Å². The first-order valence-electron chi connectivity index (χ1n) is 11.8. The number of nitrogens with one attached hydrogen (secondary N) is 1. The molecule has 1 unspecified atom stereocenters. The Morgan fingerprint density at radius 1 is 1.06 bits per heavy atom. The number of hydrogen-bond donors (Lipinski definition) is 3. The topological polar surface area (TPSA) is 119 Å². The highest BCUT2D eigenvalue weighted by Gasteiger charge is 2.44. The molecule has 3 rings (SSSR count). The highest BCUT2D eigenvalue weighted by molar-refractivity contribution is 5.92. The number of ether oxygens (including phenoxy) is 1. The van der Waals surface area contributed by atoms with Crippen LogP contribution in [0.5, 0.6) is 5.75 Å². The number of anilines is 1. The molecule has 1 aliphatic carbocycles. The second kappa shape index (κ2) is 10.8. The Morgan fingerprint density at radius 2 is 1.65 bits per heavy atom. The number of amides is 1. The Kier molecular flexibility index (Phi) is 8.10. The highest BCUT2D eigenvalue weighted by Crippen LogP contribution is 2.37. The van der Waals surface area contributed by atoms with E-state index in [2.05, 4.69) is 11.4 Å². The summed E-state index contributed by atoms with van der Waals surface area (Å²) in [5.41, 5.74) is 8.54. The van der Waals surface area contributed by atoms with E-state index < -0.39 is 23.5 Å². The number of carbonyl (C=O) groups excluding carboxylic acids is 2. The average Bonchev–Trinajstić information content (AvgIpc) is 3.23. The van der Waals surface area contributed by atoms with Crippen molar-refractivity contribution in [1.29, 1.82) is 0 Å². The predicted octanol–water partition coefficient (Wildman–Crippen LogP) is 4.18. The second-order valence-corrected chi connectivity index (χ2v) is 9.52. The first kappa shape index (κ1) is 25.4. The van der Waals surface area contributed by atoms with E-state index in [1.54, 1.807) is 19.1 Å². The maximum atomic E-state index is 13.1. The number of Topliss-reactive ketones (excluding diaryl/α,β-unsaturated/α-hetero) is 1. The van der Waals surface area contributed by atoms with Crippen LogP contribution < -0.4 is 15.8 Å². The fraction of sp³-hybridized carbons (Fsp3) is 0.444. The second-order valence-electron chi connectivity index (χ2n) is 9.52. The smallest absolute Gasteiger partial charge is 0.320 e. The number of benzene rings is 2. The standard InChI is InChI=1S/C27H34N2O5/c1-17-12-18(2)14-21(13-17)29-24(31)16-20-6-8-22(9-7-20)34-27(10-4-5-11-27)23(30)15-19(3)25(28)26(32)33/h6-9,12-14,19,25H,4-5,10-11,15-16,28H2,1-3H3,(H,29,31)(H,32,33)/t19?,25-/m0/s1. The van der Waals surface area contributed by atoms with Gasteiger partial charge in [0.05, 0.1) is 6.42 Å². The lowest BCUT2D eigenvalue weighted by Crippen LogP contribution is -2.45. The molecule has 2 atom stereocenters. The summed E-state index contributed by atoms with van der Waals surface area (Å²) in [6, 6.07) is 12.0. The molecule has 0 saturated heterocycles. The molecule has 4 N–H and O–H groups in total. The molecule has 0 spiro atoms. The third-order valence-corrected chi connectivity index (χ3v) is 6.43. The Bertz CT molecular complexity index is 1020. The van der Waals surface area contributed by atoms with Gasteiger partial charge in [-0.15, -0.1) is 0 Å². The van der Waals surface area contributed by atoms with Gasteiger partial charge in [-0.1, -0.05) is 25.1 Å². The largest absolute Gasteiger partial charge is 0.480 e. The van der Waals surface area contributed by atoms with Gasteiger partial charge in [-0.25, -0.2) is 0 Å². The fourth-order valence-electron chi connectivity index (χ4n) is 4.57. The van der Waals surface area contributed by atoms with Crippen molar-refractivity contribution in [2.24, 2.45) is 11.7 Å². The minimum absolute atomic E-state index is 0.0597. The Hall–Kier alpha value is -3.19. The first-order valence-corrected chi connectivity index (χ1v) is 11.8. The van der Waals surface area contributed by atoms with Crippen molar-refractivity contribution >= 4 is 23.3 Å². The number of hydrogen-bond acceptors (Lipinski definition) is 5. The van der Waals surface area contributed by atoms with E-state index in [4.69, 9.17) is 15.6 Å². The molecule has 2 aromatic rings. The SMILES string of the molecule is Cc1cc(C)cc(NC(=O)Cc2ccc(OC3(C(=O)CC(C)[C@H](N)C(=O)O)CCCC3)cc2)c1. The van der Waals surface area contributed by atoms with Gasteiger partial charge in [-0.3, -0.25) is 14.4 Å². The summed E-state index contributed by atoms with van der Waals surface area (Å²) in [6.45, 7) is 5.66. The van der Waals surface area contributed by atoms with E-state index in [0.29, 0.717) is 18.6 Å². The van der Waals surface area contributed by atoms with Gasteiger partial charge in [0.1, 0.15) is 11.8 Å². The summed E-state index contributed by atoms with van der Waals surface area (Å²) in [7, 11) is 0. The quantitative estimate of drug-likeness (QED) is 0.483. The summed E-state index contributed by atoms with van der Waals surface area (Å²) in [5.74, 6) is -1.25. The maximum absolute atomic E-state index is 13.1. The third-order valence-electron chi connectivity index (χ3n) is 6.43.